The molecule has 0 rings (SSSR count). The van der Waals surface area contributed by atoms with Gasteiger partial charge in [0, 0.05) is 13.1 Å². The highest BCUT2D eigenvalue weighted by Crippen LogP contribution is 1.36. The van der Waals surface area contributed by atoms with Gasteiger partial charge in [0.05, 0.1) is 0 Å². The predicted octanol–water partition coefficient (Wildman–Crippen LogP) is -0.654. The highest BCUT2D eigenvalue weighted by Gasteiger charge is 1.65. The standard InChI is InChI=1S/C2H8N2O.ClH/c3-1-2-4-5;/h4-5H,1-3H2;1H. The molecule has 40 valence electrons. The second-order valence-electron chi connectivity index (χ2n) is 0.697. The average molecular weight is 113 g/mol. The lowest BCUT2D eigenvalue weighted by Crippen LogP contribution is -2.17. The van der Waals surface area contributed by atoms with Crippen molar-refractivity contribution in [1.29, 1.82) is 0 Å². The summed E-state index contributed by atoms with van der Waals surface area (Å²) in [7, 11) is 0. The Morgan fingerprint density at radius 1 is 1.67 bits per heavy atom. The molecule has 4 heteroatoms. The first kappa shape index (κ1) is 9.48. The van der Waals surface area contributed by atoms with E-state index in [0.29, 0.717) is 13.1 Å². The van der Waals surface area contributed by atoms with E-state index in [-0.39, 0.29) is 12.4 Å². The minimum atomic E-state index is 0. The number of hydroxylamine groups is 1. The Hall–Kier alpha value is 0.170. The summed E-state index contributed by atoms with van der Waals surface area (Å²) in [5, 5.41) is 7.74. The highest BCUT2D eigenvalue weighted by atomic mass is 35.5. The van der Waals surface area contributed by atoms with Crippen LogP contribution < -0.4 is 11.2 Å². The first-order valence-corrected chi connectivity index (χ1v) is 1.49. The van der Waals surface area contributed by atoms with E-state index in [9.17, 15) is 0 Å². The fourth-order valence-electron chi connectivity index (χ4n) is 0.0645. The van der Waals surface area contributed by atoms with Crippen LogP contribution >= 0.6 is 12.4 Å². The quantitative estimate of drug-likeness (QED) is 0.416. The number of rotatable bonds is 2. The molecule has 0 aromatic carbocycles. The molecule has 0 aliphatic carbocycles. The van der Waals surface area contributed by atoms with Crippen molar-refractivity contribution in [3.05, 3.63) is 0 Å². The third-order valence-corrected chi connectivity index (χ3v) is 0.256. The minimum absolute atomic E-state index is 0. The van der Waals surface area contributed by atoms with E-state index in [1.165, 1.54) is 0 Å². The second-order valence-corrected chi connectivity index (χ2v) is 0.697. The molecule has 0 bridgehead atoms. The van der Waals surface area contributed by atoms with Gasteiger partial charge in [0.1, 0.15) is 0 Å². The number of nitrogens with one attached hydrogen (secondary N) is 1. The van der Waals surface area contributed by atoms with Gasteiger partial charge >= 0.3 is 0 Å². The lowest BCUT2D eigenvalue weighted by molar-refractivity contribution is 0.170. The lowest BCUT2D eigenvalue weighted by atomic mass is 10.7. The van der Waals surface area contributed by atoms with Crippen molar-refractivity contribution in [2.45, 2.75) is 0 Å². The van der Waals surface area contributed by atoms with Crippen LogP contribution in [0.3, 0.4) is 0 Å². The van der Waals surface area contributed by atoms with E-state index >= 15 is 0 Å². The van der Waals surface area contributed by atoms with Gasteiger partial charge in [-0.2, -0.15) is 0 Å². The zero-order chi connectivity index (χ0) is 4.12. The summed E-state index contributed by atoms with van der Waals surface area (Å²) < 4.78 is 0. The van der Waals surface area contributed by atoms with Gasteiger partial charge < -0.3 is 10.9 Å². The second kappa shape index (κ2) is 8.95. The van der Waals surface area contributed by atoms with Crippen LogP contribution in [-0.2, 0) is 0 Å². The topological polar surface area (TPSA) is 58.3 Å². The molecule has 0 atom stereocenters. The van der Waals surface area contributed by atoms with Crippen LogP contribution in [0.5, 0.6) is 0 Å². The lowest BCUT2D eigenvalue weighted by Gasteiger charge is -1.84. The Balaban J connectivity index is 0. The van der Waals surface area contributed by atoms with Crippen molar-refractivity contribution in [1.82, 2.24) is 5.48 Å². The van der Waals surface area contributed by atoms with Crippen LogP contribution in [0.15, 0.2) is 0 Å². The van der Waals surface area contributed by atoms with Crippen molar-refractivity contribution >= 4 is 12.4 Å². The molecule has 4 N–H and O–H groups in total. The molecule has 0 heterocycles. The third kappa shape index (κ3) is 8.90. The van der Waals surface area contributed by atoms with Gasteiger partial charge in [0.15, 0.2) is 0 Å². The van der Waals surface area contributed by atoms with E-state index in [1.54, 1.807) is 0 Å². The van der Waals surface area contributed by atoms with E-state index in [4.69, 9.17) is 10.9 Å². The summed E-state index contributed by atoms with van der Waals surface area (Å²) in [5.41, 5.74) is 6.81. The van der Waals surface area contributed by atoms with E-state index in [0.717, 1.165) is 0 Å². The van der Waals surface area contributed by atoms with Gasteiger partial charge in [0.2, 0.25) is 0 Å². The molecule has 0 amide bonds. The fraction of sp³-hybridized carbons (Fsp3) is 1.00. The van der Waals surface area contributed by atoms with Crippen LogP contribution in [0.25, 0.3) is 0 Å². The van der Waals surface area contributed by atoms with Crippen LogP contribution in [-0.4, -0.2) is 18.3 Å². The maximum atomic E-state index is 7.74. The molecule has 0 fully saturated rings. The van der Waals surface area contributed by atoms with Gasteiger partial charge in [-0.15, -0.1) is 12.4 Å². The van der Waals surface area contributed by atoms with Crippen LogP contribution in [0.4, 0.5) is 0 Å². The first-order valence-electron chi connectivity index (χ1n) is 1.49. The molecule has 0 radical (unpaired) electrons. The third-order valence-electron chi connectivity index (χ3n) is 0.256. The van der Waals surface area contributed by atoms with E-state index < -0.39 is 0 Å². The molecule has 0 aliphatic heterocycles. The van der Waals surface area contributed by atoms with Crippen LogP contribution in [0.1, 0.15) is 0 Å². The zero-order valence-electron chi connectivity index (χ0n) is 3.35. The largest absolute Gasteiger partial charge is 0.329 e. The number of hydrogen-bond acceptors (Lipinski definition) is 3. The summed E-state index contributed by atoms with van der Waals surface area (Å²) in [5.74, 6) is 0. The summed E-state index contributed by atoms with van der Waals surface area (Å²) in [6.07, 6.45) is 0. The monoisotopic (exact) mass is 112 g/mol. The molecular weight excluding hydrogens is 103 g/mol. The molecule has 0 saturated carbocycles. The zero-order valence-corrected chi connectivity index (χ0v) is 4.16. The Bertz CT molecular complexity index is 19.0. The Labute approximate surface area is 42.9 Å². The first-order chi connectivity index (χ1) is 2.41. The van der Waals surface area contributed by atoms with Gasteiger partial charge in [-0.25, -0.2) is 5.48 Å². The molecule has 0 unspecified atom stereocenters. The molecule has 0 aromatic rings. The molecule has 0 saturated heterocycles. The molecule has 0 aliphatic rings. The van der Waals surface area contributed by atoms with Crippen molar-refractivity contribution < 1.29 is 5.21 Å². The van der Waals surface area contributed by atoms with Gasteiger partial charge in [-0.1, -0.05) is 0 Å². The van der Waals surface area contributed by atoms with Crippen molar-refractivity contribution in [2.24, 2.45) is 5.73 Å². The van der Waals surface area contributed by atoms with Crippen molar-refractivity contribution in [2.75, 3.05) is 13.1 Å². The van der Waals surface area contributed by atoms with Crippen molar-refractivity contribution in [3.8, 4) is 0 Å². The van der Waals surface area contributed by atoms with Crippen LogP contribution in [0, 0.1) is 0 Å². The Kier molecular flexibility index (Phi) is 14.1. The molecule has 0 spiro atoms. The van der Waals surface area contributed by atoms with E-state index in [2.05, 4.69) is 0 Å². The maximum Gasteiger partial charge on any atom is 0.0330 e. The van der Waals surface area contributed by atoms with Gasteiger partial charge in [-0.05, 0) is 0 Å². The molecule has 0 aromatic heterocycles. The Morgan fingerprint density at radius 2 is 2.17 bits per heavy atom. The highest BCUT2D eigenvalue weighted by molar-refractivity contribution is 5.85. The van der Waals surface area contributed by atoms with Gasteiger partial charge in [-0.3, -0.25) is 0 Å². The average Bonchev–Trinajstić information content (AvgIpc) is 1.41. The predicted molar refractivity (Wildman–Crippen MR) is 26.1 cm³/mol. The number of nitrogens with two attached hydrogens (primary N) is 1. The summed E-state index contributed by atoms with van der Waals surface area (Å²) >= 11 is 0. The number of halogens is 1. The minimum Gasteiger partial charge on any atom is -0.329 e. The van der Waals surface area contributed by atoms with Crippen molar-refractivity contribution in [3.63, 3.8) is 0 Å². The van der Waals surface area contributed by atoms with Crippen LogP contribution in [0.2, 0.25) is 0 Å². The smallest absolute Gasteiger partial charge is 0.0330 e. The normalized spacial score (nSPS) is 7.00. The van der Waals surface area contributed by atoms with E-state index in [1.807, 2.05) is 5.48 Å². The molecule has 3 nitrogen and oxygen atoms in total. The number of hydrogen-bond donors (Lipinski definition) is 3. The molecule has 6 heavy (non-hydrogen) atoms. The maximum absolute atomic E-state index is 7.74. The summed E-state index contributed by atoms with van der Waals surface area (Å²) in [6.45, 7) is 0.955. The van der Waals surface area contributed by atoms with Gasteiger partial charge in [0.25, 0.3) is 0 Å². The summed E-state index contributed by atoms with van der Waals surface area (Å²) in [6, 6.07) is 0. The fourth-order valence-corrected chi connectivity index (χ4v) is 0.0645. The SMILES string of the molecule is Cl.NCCNO. The molecular formula is C2H9ClN2O. The summed E-state index contributed by atoms with van der Waals surface area (Å²) in [4.78, 5) is 0. The Morgan fingerprint density at radius 3 is 2.17 bits per heavy atom.